The molecule has 0 aliphatic rings. The average molecular weight is 322 g/mol. The van der Waals surface area contributed by atoms with Crippen molar-refractivity contribution in [2.24, 2.45) is 0 Å². The fourth-order valence-electron chi connectivity index (χ4n) is 1.80. The predicted octanol–water partition coefficient (Wildman–Crippen LogP) is 5.41. The van der Waals surface area contributed by atoms with Gasteiger partial charge in [0.1, 0.15) is 10.4 Å². The Morgan fingerprint density at radius 3 is 2.22 bits per heavy atom. The summed E-state index contributed by atoms with van der Waals surface area (Å²) in [6, 6.07) is 5.42. The zero-order chi connectivity index (χ0) is 13.4. The number of rotatable bonds is 2. The molecule has 0 saturated heterocycles. The van der Waals surface area contributed by atoms with E-state index in [0.717, 1.165) is 16.7 Å². The van der Waals surface area contributed by atoms with Crippen molar-refractivity contribution in [2.75, 3.05) is 0 Å². The number of aliphatic hydroxyl groups is 1. The van der Waals surface area contributed by atoms with Gasteiger partial charge in [-0.05, 0) is 42.7 Å². The SMILES string of the molecule is Cc1cc(C(O)c2cc(Cl)sc2Cl)c(C)cc1Cl. The third kappa shape index (κ3) is 2.68. The van der Waals surface area contributed by atoms with Gasteiger partial charge in [-0.3, -0.25) is 0 Å². The minimum Gasteiger partial charge on any atom is -0.384 e. The first kappa shape index (κ1) is 14.2. The summed E-state index contributed by atoms with van der Waals surface area (Å²) >= 11 is 19.3. The van der Waals surface area contributed by atoms with Crippen LogP contribution < -0.4 is 0 Å². The van der Waals surface area contributed by atoms with Crippen LogP contribution in [0, 0.1) is 13.8 Å². The molecule has 2 aromatic rings. The lowest BCUT2D eigenvalue weighted by Gasteiger charge is -2.15. The lowest BCUT2D eigenvalue weighted by molar-refractivity contribution is 0.220. The number of aryl methyl sites for hydroxylation is 2. The maximum Gasteiger partial charge on any atom is 0.107 e. The van der Waals surface area contributed by atoms with Crippen molar-refractivity contribution < 1.29 is 5.11 Å². The van der Waals surface area contributed by atoms with Crippen molar-refractivity contribution in [3.8, 4) is 0 Å². The molecular formula is C13H11Cl3OS. The summed E-state index contributed by atoms with van der Waals surface area (Å²) in [6.45, 7) is 3.81. The molecule has 0 radical (unpaired) electrons. The zero-order valence-electron chi connectivity index (χ0n) is 9.80. The lowest BCUT2D eigenvalue weighted by Crippen LogP contribution is -2.02. The highest BCUT2D eigenvalue weighted by molar-refractivity contribution is 7.20. The molecule has 0 bridgehead atoms. The van der Waals surface area contributed by atoms with E-state index in [4.69, 9.17) is 34.8 Å². The second-order valence-corrected chi connectivity index (χ2v) is 6.83. The van der Waals surface area contributed by atoms with E-state index in [2.05, 4.69) is 0 Å². The molecule has 18 heavy (non-hydrogen) atoms. The van der Waals surface area contributed by atoms with Gasteiger partial charge in [0, 0.05) is 10.6 Å². The number of hydrogen-bond donors (Lipinski definition) is 1. The molecule has 1 atom stereocenters. The lowest BCUT2D eigenvalue weighted by atomic mass is 9.97. The van der Waals surface area contributed by atoms with Crippen LogP contribution in [0.4, 0.5) is 0 Å². The normalized spacial score (nSPS) is 12.8. The third-order valence-electron chi connectivity index (χ3n) is 2.82. The first-order valence-electron chi connectivity index (χ1n) is 5.29. The quantitative estimate of drug-likeness (QED) is 0.784. The molecule has 1 aromatic heterocycles. The van der Waals surface area contributed by atoms with Crippen molar-refractivity contribution in [1.29, 1.82) is 0 Å². The monoisotopic (exact) mass is 320 g/mol. The third-order valence-corrected chi connectivity index (χ3v) is 4.74. The van der Waals surface area contributed by atoms with Crippen molar-refractivity contribution in [1.82, 2.24) is 0 Å². The van der Waals surface area contributed by atoms with Gasteiger partial charge in [0.15, 0.2) is 0 Å². The Morgan fingerprint density at radius 2 is 1.67 bits per heavy atom. The van der Waals surface area contributed by atoms with Crippen LogP contribution in [0.1, 0.15) is 28.4 Å². The summed E-state index contributed by atoms with van der Waals surface area (Å²) in [7, 11) is 0. The smallest absolute Gasteiger partial charge is 0.107 e. The molecule has 0 aliphatic carbocycles. The molecule has 0 saturated carbocycles. The largest absolute Gasteiger partial charge is 0.384 e. The molecule has 1 unspecified atom stereocenters. The van der Waals surface area contributed by atoms with E-state index in [1.165, 1.54) is 11.3 Å². The van der Waals surface area contributed by atoms with Gasteiger partial charge in [0.05, 0.1) is 4.34 Å². The van der Waals surface area contributed by atoms with Gasteiger partial charge in [-0.1, -0.05) is 40.9 Å². The molecule has 0 spiro atoms. The Labute approximate surface area is 125 Å². The molecule has 5 heteroatoms. The number of aliphatic hydroxyl groups excluding tert-OH is 1. The van der Waals surface area contributed by atoms with Gasteiger partial charge in [-0.25, -0.2) is 0 Å². The van der Waals surface area contributed by atoms with E-state index in [9.17, 15) is 5.11 Å². The molecular weight excluding hydrogens is 311 g/mol. The van der Waals surface area contributed by atoms with Crippen LogP contribution in [-0.4, -0.2) is 5.11 Å². The molecule has 2 rings (SSSR count). The van der Waals surface area contributed by atoms with E-state index in [-0.39, 0.29) is 0 Å². The summed E-state index contributed by atoms with van der Waals surface area (Å²) in [6.07, 6.45) is -0.780. The summed E-state index contributed by atoms with van der Waals surface area (Å²) < 4.78 is 1.08. The van der Waals surface area contributed by atoms with Gasteiger partial charge < -0.3 is 5.11 Å². The molecule has 96 valence electrons. The Bertz CT molecular complexity index is 592. The van der Waals surface area contributed by atoms with Crippen molar-refractivity contribution in [3.05, 3.63) is 54.1 Å². The van der Waals surface area contributed by atoms with E-state index in [1.54, 1.807) is 6.07 Å². The second kappa shape index (κ2) is 5.40. The van der Waals surface area contributed by atoms with Gasteiger partial charge in [-0.15, -0.1) is 11.3 Å². The van der Waals surface area contributed by atoms with E-state index < -0.39 is 6.10 Å². The summed E-state index contributed by atoms with van der Waals surface area (Å²) in [5, 5.41) is 11.1. The van der Waals surface area contributed by atoms with Gasteiger partial charge in [0.2, 0.25) is 0 Å². The highest BCUT2D eigenvalue weighted by Crippen LogP contribution is 2.38. The molecule has 0 aliphatic heterocycles. The van der Waals surface area contributed by atoms with Crippen molar-refractivity contribution >= 4 is 46.1 Å². The van der Waals surface area contributed by atoms with Gasteiger partial charge >= 0.3 is 0 Å². The topological polar surface area (TPSA) is 20.2 Å². The predicted molar refractivity (Wildman–Crippen MR) is 79.3 cm³/mol. The summed E-state index contributed by atoms with van der Waals surface area (Å²) in [4.78, 5) is 0. The maximum atomic E-state index is 10.4. The maximum absolute atomic E-state index is 10.4. The Kier molecular flexibility index (Phi) is 4.25. The second-order valence-electron chi connectivity index (χ2n) is 4.14. The number of hydrogen-bond acceptors (Lipinski definition) is 2. The summed E-state index contributed by atoms with van der Waals surface area (Å²) in [5.74, 6) is 0. The first-order valence-corrected chi connectivity index (χ1v) is 7.24. The number of benzene rings is 1. The van der Waals surface area contributed by atoms with Gasteiger partial charge in [-0.2, -0.15) is 0 Å². The van der Waals surface area contributed by atoms with Crippen LogP contribution in [0.3, 0.4) is 0 Å². The molecule has 1 aromatic carbocycles. The van der Waals surface area contributed by atoms with Crippen LogP contribution in [-0.2, 0) is 0 Å². The fourth-order valence-corrected chi connectivity index (χ4v) is 3.54. The van der Waals surface area contributed by atoms with Crippen LogP contribution in [0.25, 0.3) is 0 Å². The average Bonchev–Trinajstić information content (AvgIpc) is 2.62. The van der Waals surface area contributed by atoms with Crippen LogP contribution in [0.15, 0.2) is 18.2 Å². The standard InChI is InChI=1S/C13H11Cl3OS/c1-6-4-10(14)7(2)3-8(6)12(17)9-5-11(15)18-13(9)16/h3-5,12,17H,1-2H3. The van der Waals surface area contributed by atoms with Crippen LogP contribution in [0.5, 0.6) is 0 Å². The van der Waals surface area contributed by atoms with E-state index in [1.807, 2.05) is 26.0 Å². The molecule has 0 amide bonds. The van der Waals surface area contributed by atoms with E-state index >= 15 is 0 Å². The summed E-state index contributed by atoms with van der Waals surface area (Å²) in [5.41, 5.74) is 3.29. The first-order chi connectivity index (χ1) is 8.40. The highest BCUT2D eigenvalue weighted by Gasteiger charge is 2.19. The minimum atomic E-state index is -0.780. The highest BCUT2D eigenvalue weighted by atomic mass is 35.5. The van der Waals surface area contributed by atoms with Crippen LogP contribution in [0.2, 0.25) is 13.7 Å². The Balaban J connectivity index is 2.49. The zero-order valence-corrected chi connectivity index (χ0v) is 12.9. The molecule has 0 fully saturated rings. The number of thiophene rings is 1. The number of halogens is 3. The van der Waals surface area contributed by atoms with Crippen molar-refractivity contribution in [2.45, 2.75) is 20.0 Å². The Morgan fingerprint density at radius 1 is 1.00 bits per heavy atom. The fraction of sp³-hybridized carbons (Fsp3) is 0.231. The van der Waals surface area contributed by atoms with E-state index in [0.29, 0.717) is 19.3 Å². The van der Waals surface area contributed by atoms with Gasteiger partial charge in [0.25, 0.3) is 0 Å². The minimum absolute atomic E-state index is 0.513. The van der Waals surface area contributed by atoms with Crippen LogP contribution >= 0.6 is 46.1 Å². The molecule has 1 heterocycles. The van der Waals surface area contributed by atoms with Crippen molar-refractivity contribution in [3.63, 3.8) is 0 Å². The molecule has 1 N–H and O–H groups in total. The Hall–Kier alpha value is -0.250. The molecule has 1 nitrogen and oxygen atoms in total.